The van der Waals surface area contributed by atoms with Crippen molar-refractivity contribution in [3.8, 4) is 0 Å². The summed E-state index contributed by atoms with van der Waals surface area (Å²) in [6, 6.07) is 7.90. The molecule has 2 atom stereocenters. The van der Waals surface area contributed by atoms with Crippen molar-refractivity contribution < 1.29 is 5.11 Å². The van der Waals surface area contributed by atoms with Gasteiger partial charge in [0.05, 0.1) is 0 Å². The number of nitrogens with one attached hydrogen (secondary N) is 1. The Balaban J connectivity index is 2.21. The van der Waals surface area contributed by atoms with Crippen LogP contribution in [-0.2, 0) is 0 Å². The summed E-state index contributed by atoms with van der Waals surface area (Å²) in [5.41, 5.74) is 1.22. The molecule has 0 amide bonds. The van der Waals surface area contributed by atoms with E-state index >= 15 is 0 Å². The van der Waals surface area contributed by atoms with Crippen molar-refractivity contribution in [3.05, 3.63) is 34.9 Å². The predicted octanol–water partition coefficient (Wildman–Crippen LogP) is 1.64. The molecule has 1 fully saturated rings. The van der Waals surface area contributed by atoms with Crippen LogP contribution < -0.4 is 5.32 Å². The molecule has 0 unspecified atom stereocenters. The molecule has 76 valence electrons. The van der Waals surface area contributed by atoms with E-state index in [2.05, 4.69) is 11.4 Å². The molecule has 0 aromatic heterocycles. The van der Waals surface area contributed by atoms with Gasteiger partial charge < -0.3 is 10.4 Å². The second kappa shape index (κ2) is 4.30. The lowest BCUT2D eigenvalue weighted by Gasteiger charge is -2.16. The van der Waals surface area contributed by atoms with Gasteiger partial charge in [-0.15, -0.1) is 0 Å². The van der Waals surface area contributed by atoms with E-state index in [-0.39, 0.29) is 6.61 Å². The van der Waals surface area contributed by atoms with Crippen LogP contribution in [0.2, 0.25) is 5.02 Å². The fraction of sp³-hybridized carbons (Fsp3) is 0.455. The Kier molecular flexibility index (Phi) is 3.06. The summed E-state index contributed by atoms with van der Waals surface area (Å²) >= 11 is 5.93. The van der Waals surface area contributed by atoms with E-state index < -0.39 is 0 Å². The quantitative estimate of drug-likeness (QED) is 0.780. The van der Waals surface area contributed by atoms with Gasteiger partial charge >= 0.3 is 0 Å². The highest BCUT2D eigenvalue weighted by molar-refractivity contribution is 6.30. The summed E-state index contributed by atoms with van der Waals surface area (Å²) in [5.74, 6) is 0.729. The maximum atomic E-state index is 9.19. The van der Waals surface area contributed by atoms with Crippen molar-refractivity contribution in [3.63, 3.8) is 0 Å². The molecule has 0 saturated carbocycles. The molecular weight excluding hydrogens is 198 g/mol. The van der Waals surface area contributed by atoms with Crippen molar-refractivity contribution in [1.82, 2.24) is 5.32 Å². The van der Waals surface area contributed by atoms with Gasteiger partial charge in [0.1, 0.15) is 0 Å². The molecule has 1 aliphatic heterocycles. The monoisotopic (exact) mass is 211 g/mol. The van der Waals surface area contributed by atoms with E-state index in [1.807, 2.05) is 18.2 Å². The number of hydrogen-bond donors (Lipinski definition) is 2. The van der Waals surface area contributed by atoms with E-state index in [0.29, 0.717) is 11.8 Å². The van der Waals surface area contributed by atoms with Gasteiger partial charge in [-0.3, -0.25) is 0 Å². The molecule has 3 heteroatoms. The summed E-state index contributed by atoms with van der Waals surface area (Å²) in [6.07, 6.45) is 0. The van der Waals surface area contributed by atoms with E-state index in [1.54, 1.807) is 0 Å². The zero-order chi connectivity index (χ0) is 9.97. The number of rotatable bonds is 2. The molecule has 0 aliphatic carbocycles. The van der Waals surface area contributed by atoms with Crippen LogP contribution in [0.3, 0.4) is 0 Å². The van der Waals surface area contributed by atoms with Crippen LogP contribution in [0.1, 0.15) is 11.5 Å². The van der Waals surface area contributed by atoms with Gasteiger partial charge in [-0.2, -0.15) is 0 Å². The first-order valence-electron chi connectivity index (χ1n) is 4.88. The van der Waals surface area contributed by atoms with Crippen LogP contribution in [0, 0.1) is 5.92 Å². The number of halogens is 1. The molecule has 0 bridgehead atoms. The average molecular weight is 212 g/mol. The number of hydrogen-bond acceptors (Lipinski definition) is 2. The Hall–Kier alpha value is -0.570. The Morgan fingerprint density at radius 1 is 1.43 bits per heavy atom. The van der Waals surface area contributed by atoms with Gasteiger partial charge in [-0.05, 0) is 17.7 Å². The van der Waals surface area contributed by atoms with Crippen LogP contribution in [0.4, 0.5) is 0 Å². The molecule has 0 radical (unpaired) electrons. The van der Waals surface area contributed by atoms with Gasteiger partial charge in [0, 0.05) is 36.6 Å². The third-order valence-corrected chi connectivity index (χ3v) is 3.09. The first kappa shape index (κ1) is 9.97. The molecule has 1 saturated heterocycles. The summed E-state index contributed by atoms with van der Waals surface area (Å²) in [7, 11) is 0. The summed E-state index contributed by atoms with van der Waals surface area (Å²) < 4.78 is 0. The zero-order valence-electron chi connectivity index (χ0n) is 7.91. The van der Waals surface area contributed by atoms with Gasteiger partial charge in [0.2, 0.25) is 0 Å². The average Bonchev–Trinajstić information content (AvgIpc) is 2.65. The van der Waals surface area contributed by atoms with Crippen LogP contribution in [0.5, 0.6) is 0 Å². The predicted molar refractivity (Wildman–Crippen MR) is 57.6 cm³/mol. The Bertz CT molecular complexity index is 316. The molecule has 2 nitrogen and oxygen atoms in total. The van der Waals surface area contributed by atoms with Gasteiger partial charge in [0.15, 0.2) is 0 Å². The minimum Gasteiger partial charge on any atom is -0.396 e. The highest BCUT2D eigenvalue weighted by atomic mass is 35.5. The maximum absolute atomic E-state index is 9.19. The van der Waals surface area contributed by atoms with E-state index in [9.17, 15) is 5.11 Å². The van der Waals surface area contributed by atoms with Crippen molar-refractivity contribution in [2.24, 2.45) is 5.92 Å². The highest BCUT2D eigenvalue weighted by Gasteiger charge is 2.27. The highest BCUT2D eigenvalue weighted by Crippen LogP contribution is 2.29. The second-order valence-corrected chi connectivity index (χ2v) is 4.20. The Morgan fingerprint density at radius 2 is 2.29 bits per heavy atom. The molecule has 2 rings (SSSR count). The fourth-order valence-electron chi connectivity index (χ4n) is 2.05. The summed E-state index contributed by atoms with van der Waals surface area (Å²) in [6.45, 7) is 2.07. The van der Waals surface area contributed by atoms with Gasteiger partial charge in [-0.1, -0.05) is 23.7 Å². The van der Waals surface area contributed by atoms with Gasteiger partial charge in [-0.25, -0.2) is 0 Å². The van der Waals surface area contributed by atoms with E-state index in [1.165, 1.54) is 5.56 Å². The summed E-state index contributed by atoms with van der Waals surface area (Å²) in [5, 5.41) is 13.3. The van der Waals surface area contributed by atoms with Crippen LogP contribution in [0.15, 0.2) is 24.3 Å². The largest absolute Gasteiger partial charge is 0.396 e. The molecule has 1 heterocycles. The molecule has 0 spiro atoms. The summed E-state index contributed by atoms with van der Waals surface area (Å²) in [4.78, 5) is 0. The molecule has 14 heavy (non-hydrogen) atoms. The minimum atomic E-state index is 0.240. The van der Waals surface area contributed by atoms with Gasteiger partial charge in [0.25, 0.3) is 0 Å². The van der Waals surface area contributed by atoms with Crippen molar-refractivity contribution in [2.75, 3.05) is 19.7 Å². The third-order valence-electron chi connectivity index (χ3n) is 2.85. The van der Waals surface area contributed by atoms with Crippen molar-refractivity contribution in [2.45, 2.75) is 5.92 Å². The molecular formula is C11H14ClNO. The molecule has 2 N–H and O–H groups in total. The van der Waals surface area contributed by atoms with E-state index in [4.69, 9.17) is 11.6 Å². The smallest absolute Gasteiger partial charge is 0.0477 e. The lowest BCUT2D eigenvalue weighted by Crippen LogP contribution is -2.14. The lowest BCUT2D eigenvalue weighted by atomic mass is 9.90. The molecule has 1 aromatic rings. The first-order valence-corrected chi connectivity index (χ1v) is 5.26. The lowest BCUT2D eigenvalue weighted by molar-refractivity contribution is 0.226. The SMILES string of the molecule is OC[C@H]1CNC[C@@H]1c1cccc(Cl)c1. The first-order chi connectivity index (χ1) is 6.81. The van der Waals surface area contributed by atoms with Crippen LogP contribution in [0.25, 0.3) is 0 Å². The van der Waals surface area contributed by atoms with Crippen LogP contribution >= 0.6 is 11.6 Å². The number of benzene rings is 1. The van der Waals surface area contributed by atoms with Crippen molar-refractivity contribution in [1.29, 1.82) is 0 Å². The maximum Gasteiger partial charge on any atom is 0.0477 e. The minimum absolute atomic E-state index is 0.240. The van der Waals surface area contributed by atoms with E-state index in [0.717, 1.165) is 18.1 Å². The topological polar surface area (TPSA) is 32.3 Å². The number of aliphatic hydroxyl groups is 1. The third kappa shape index (κ3) is 1.92. The fourth-order valence-corrected chi connectivity index (χ4v) is 2.25. The second-order valence-electron chi connectivity index (χ2n) is 3.76. The standard InChI is InChI=1S/C11H14ClNO/c12-10-3-1-2-8(4-10)11-6-13-5-9(11)7-14/h1-4,9,11,13-14H,5-7H2/t9-,11-/m1/s1. The zero-order valence-corrected chi connectivity index (χ0v) is 8.67. The Labute approximate surface area is 88.9 Å². The van der Waals surface area contributed by atoms with Crippen LogP contribution in [-0.4, -0.2) is 24.8 Å². The normalized spacial score (nSPS) is 26.7. The Morgan fingerprint density at radius 3 is 3.00 bits per heavy atom. The molecule has 1 aromatic carbocycles. The number of aliphatic hydroxyl groups excluding tert-OH is 1. The molecule has 1 aliphatic rings. The van der Waals surface area contributed by atoms with Crippen molar-refractivity contribution >= 4 is 11.6 Å².